The first kappa shape index (κ1) is 17.8. The lowest BCUT2D eigenvalue weighted by molar-refractivity contribution is 0.0949. The maximum Gasteiger partial charge on any atom is 0.251 e. The number of aryl methyl sites for hydroxylation is 1. The molecule has 1 amide bonds. The highest BCUT2D eigenvalue weighted by atomic mass is 32.2. The zero-order valence-electron chi connectivity index (χ0n) is 13.8. The summed E-state index contributed by atoms with van der Waals surface area (Å²) in [4.78, 5) is 22.9. The van der Waals surface area contributed by atoms with E-state index in [0.717, 1.165) is 0 Å². The van der Waals surface area contributed by atoms with Crippen molar-refractivity contribution in [3.05, 3.63) is 59.8 Å². The number of rotatable bonds is 7. The van der Waals surface area contributed by atoms with Crippen molar-refractivity contribution in [1.82, 2.24) is 30.1 Å². The normalized spacial score (nSPS) is 11.4. The highest BCUT2D eigenvalue weighted by Crippen LogP contribution is 2.12. The molecule has 136 valence electrons. The minimum atomic E-state index is -3.79. The van der Waals surface area contributed by atoms with E-state index in [9.17, 15) is 13.2 Å². The van der Waals surface area contributed by atoms with Gasteiger partial charge in [0.2, 0.25) is 15.9 Å². The van der Waals surface area contributed by atoms with Gasteiger partial charge in [0, 0.05) is 24.9 Å². The summed E-state index contributed by atoms with van der Waals surface area (Å²) in [6.45, 7) is 1.73. The highest BCUT2D eigenvalue weighted by molar-refractivity contribution is 7.89. The number of imidazole rings is 1. The van der Waals surface area contributed by atoms with Crippen molar-refractivity contribution in [3.8, 4) is 0 Å². The molecule has 0 spiro atoms. The average Bonchev–Trinajstić information content (AvgIpc) is 3.29. The molecular formula is C15H16N6O4S. The molecule has 0 aliphatic carbocycles. The Morgan fingerprint density at radius 2 is 2.15 bits per heavy atom. The number of nitrogens with one attached hydrogen (secondary N) is 3. The number of hydrogen-bond donors (Lipinski definition) is 3. The van der Waals surface area contributed by atoms with Gasteiger partial charge in [-0.05, 0) is 18.2 Å². The summed E-state index contributed by atoms with van der Waals surface area (Å²) in [7, 11) is -3.79. The Hall–Kier alpha value is -3.05. The first-order chi connectivity index (χ1) is 12.4. The third kappa shape index (κ3) is 4.32. The number of carbonyl (C=O) groups excluding carboxylic acids is 1. The van der Waals surface area contributed by atoms with Crippen LogP contribution in [-0.4, -0.2) is 34.4 Å². The summed E-state index contributed by atoms with van der Waals surface area (Å²) < 4.78 is 32.0. The van der Waals surface area contributed by atoms with Crippen LogP contribution < -0.4 is 10.0 Å². The molecule has 10 nitrogen and oxygen atoms in total. The number of carbonyl (C=O) groups is 1. The second-order valence-electron chi connectivity index (χ2n) is 5.30. The number of aromatic amines is 1. The van der Waals surface area contributed by atoms with Crippen molar-refractivity contribution in [2.45, 2.75) is 24.9 Å². The van der Waals surface area contributed by atoms with E-state index in [-0.39, 0.29) is 23.5 Å². The Morgan fingerprint density at radius 1 is 1.31 bits per heavy atom. The Labute approximate surface area is 149 Å². The molecule has 0 saturated carbocycles. The summed E-state index contributed by atoms with van der Waals surface area (Å²) in [5, 5.41) is 6.28. The van der Waals surface area contributed by atoms with Gasteiger partial charge in [0.05, 0.1) is 18.0 Å². The van der Waals surface area contributed by atoms with E-state index >= 15 is 0 Å². The van der Waals surface area contributed by atoms with Crippen LogP contribution in [-0.2, 0) is 23.1 Å². The molecule has 0 fully saturated rings. The van der Waals surface area contributed by atoms with Crippen LogP contribution in [0.15, 0.2) is 46.1 Å². The predicted molar refractivity (Wildman–Crippen MR) is 89.3 cm³/mol. The molecular weight excluding hydrogens is 360 g/mol. The third-order valence-corrected chi connectivity index (χ3v) is 4.77. The minimum absolute atomic E-state index is 0.0168. The quantitative estimate of drug-likeness (QED) is 0.545. The summed E-state index contributed by atoms with van der Waals surface area (Å²) in [6.07, 6.45) is 3.12. The number of hydrogen-bond acceptors (Lipinski definition) is 7. The molecule has 26 heavy (non-hydrogen) atoms. The van der Waals surface area contributed by atoms with Crippen LogP contribution in [0.5, 0.6) is 0 Å². The van der Waals surface area contributed by atoms with Crippen molar-refractivity contribution in [2.24, 2.45) is 0 Å². The van der Waals surface area contributed by atoms with Gasteiger partial charge in [-0.15, -0.1) is 0 Å². The lowest BCUT2D eigenvalue weighted by Crippen LogP contribution is -2.26. The summed E-state index contributed by atoms with van der Waals surface area (Å²) >= 11 is 0. The number of sulfonamides is 1. The second-order valence-corrected chi connectivity index (χ2v) is 7.07. The van der Waals surface area contributed by atoms with Gasteiger partial charge in [0.15, 0.2) is 5.82 Å². The van der Waals surface area contributed by atoms with Crippen molar-refractivity contribution in [3.63, 3.8) is 0 Å². The Bertz CT molecular complexity index is 997. The number of benzene rings is 1. The predicted octanol–water partition coefficient (Wildman–Crippen LogP) is 0.510. The Kier molecular flexibility index (Phi) is 5.09. The maximum atomic E-state index is 12.4. The zero-order chi connectivity index (χ0) is 18.6. The molecule has 0 aliphatic heterocycles. The largest absolute Gasteiger partial charge is 0.347 e. The van der Waals surface area contributed by atoms with Crippen LogP contribution in [0, 0.1) is 6.92 Å². The first-order valence-corrected chi connectivity index (χ1v) is 9.08. The lowest BCUT2D eigenvalue weighted by Gasteiger charge is -2.08. The monoisotopic (exact) mass is 376 g/mol. The van der Waals surface area contributed by atoms with Gasteiger partial charge >= 0.3 is 0 Å². The van der Waals surface area contributed by atoms with Gasteiger partial charge in [0.25, 0.3) is 5.91 Å². The second kappa shape index (κ2) is 7.45. The molecule has 3 aromatic rings. The fraction of sp³-hybridized carbons (Fsp3) is 0.200. The van der Waals surface area contributed by atoms with Crippen molar-refractivity contribution < 1.29 is 17.7 Å². The molecule has 1 aromatic carbocycles. The molecule has 3 rings (SSSR count). The molecule has 0 aliphatic rings. The van der Waals surface area contributed by atoms with Crippen LogP contribution in [0.2, 0.25) is 0 Å². The van der Waals surface area contributed by atoms with Crippen LogP contribution in [0.1, 0.15) is 27.9 Å². The fourth-order valence-electron chi connectivity index (χ4n) is 2.12. The molecule has 2 aromatic heterocycles. The summed E-state index contributed by atoms with van der Waals surface area (Å²) in [6, 6.07) is 5.71. The molecule has 3 N–H and O–H groups in total. The van der Waals surface area contributed by atoms with E-state index < -0.39 is 15.9 Å². The molecule has 11 heteroatoms. The number of H-pyrrole nitrogens is 1. The van der Waals surface area contributed by atoms with E-state index in [1.54, 1.807) is 13.1 Å². The van der Waals surface area contributed by atoms with E-state index in [1.165, 1.54) is 30.5 Å². The van der Waals surface area contributed by atoms with E-state index in [0.29, 0.717) is 17.5 Å². The summed E-state index contributed by atoms with van der Waals surface area (Å²) in [5.41, 5.74) is 0.200. The topological polar surface area (TPSA) is 143 Å². The number of amides is 1. The standard InChI is InChI=1S/C15H16N6O4S/c1-10-20-14(21-25-10)8-18-15(22)11-3-2-4-12(7-11)26(23,24)19-9-13-16-5-6-17-13/h2-7,19H,8-9H2,1H3,(H,16,17)(H,18,22). The van der Waals surface area contributed by atoms with Gasteiger partial charge in [-0.3, -0.25) is 4.79 Å². The highest BCUT2D eigenvalue weighted by Gasteiger charge is 2.17. The van der Waals surface area contributed by atoms with Crippen molar-refractivity contribution in [1.29, 1.82) is 0 Å². The van der Waals surface area contributed by atoms with Gasteiger partial charge in [0.1, 0.15) is 5.82 Å². The average molecular weight is 376 g/mol. The van der Waals surface area contributed by atoms with Crippen LogP contribution in [0.25, 0.3) is 0 Å². The SMILES string of the molecule is Cc1nc(CNC(=O)c2cccc(S(=O)(=O)NCc3ncc[nH]3)c2)no1. The van der Waals surface area contributed by atoms with E-state index in [1.807, 2.05) is 0 Å². The Morgan fingerprint density at radius 3 is 2.85 bits per heavy atom. The zero-order valence-corrected chi connectivity index (χ0v) is 14.6. The van der Waals surface area contributed by atoms with Crippen molar-refractivity contribution in [2.75, 3.05) is 0 Å². The van der Waals surface area contributed by atoms with Crippen LogP contribution in [0.3, 0.4) is 0 Å². The number of nitrogens with zero attached hydrogens (tertiary/aromatic N) is 3. The first-order valence-electron chi connectivity index (χ1n) is 7.59. The van der Waals surface area contributed by atoms with Crippen molar-refractivity contribution >= 4 is 15.9 Å². The number of aromatic nitrogens is 4. The van der Waals surface area contributed by atoms with Crippen LogP contribution in [0.4, 0.5) is 0 Å². The fourth-order valence-corrected chi connectivity index (χ4v) is 3.15. The molecule has 0 radical (unpaired) electrons. The van der Waals surface area contributed by atoms with E-state index in [4.69, 9.17) is 4.52 Å². The third-order valence-electron chi connectivity index (χ3n) is 3.37. The Balaban J connectivity index is 1.67. The van der Waals surface area contributed by atoms with Gasteiger partial charge in [-0.1, -0.05) is 11.2 Å². The molecule has 0 unspecified atom stereocenters. The van der Waals surface area contributed by atoms with Gasteiger partial charge < -0.3 is 14.8 Å². The van der Waals surface area contributed by atoms with E-state index in [2.05, 4.69) is 30.1 Å². The lowest BCUT2D eigenvalue weighted by atomic mass is 10.2. The van der Waals surface area contributed by atoms with Crippen LogP contribution >= 0.6 is 0 Å². The smallest absolute Gasteiger partial charge is 0.251 e. The van der Waals surface area contributed by atoms with Gasteiger partial charge in [-0.25, -0.2) is 18.1 Å². The maximum absolute atomic E-state index is 12.4. The summed E-state index contributed by atoms with van der Waals surface area (Å²) in [5.74, 6) is 0.762. The molecule has 0 saturated heterocycles. The molecule has 0 atom stereocenters. The molecule has 2 heterocycles. The molecule has 0 bridgehead atoms. The van der Waals surface area contributed by atoms with Gasteiger partial charge in [-0.2, -0.15) is 4.98 Å². The minimum Gasteiger partial charge on any atom is -0.347 e.